The Balaban J connectivity index is 1.20. The molecule has 1 saturated heterocycles. The summed E-state index contributed by atoms with van der Waals surface area (Å²) in [7, 11) is 0. The second-order valence-corrected chi connectivity index (χ2v) is 13.5. The third kappa shape index (κ3) is 6.01. The van der Waals surface area contributed by atoms with Crippen LogP contribution in [0.15, 0.2) is 72.9 Å². The minimum Gasteiger partial charge on any atom is -0.375 e. The van der Waals surface area contributed by atoms with E-state index in [4.69, 9.17) is 9.72 Å². The summed E-state index contributed by atoms with van der Waals surface area (Å²) in [5.74, 6) is 0.125. The normalized spacial score (nSPS) is 26.7. The van der Waals surface area contributed by atoms with Crippen molar-refractivity contribution in [3.05, 3.63) is 101 Å². The van der Waals surface area contributed by atoms with Crippen molar-refractivity contribution in [3.8, 4) is 0 Å². The summed E-state index contributed by atoms with van der Waals surface area (Å²) in [6, 6.07) is 23.5. The van der Waals surface area contributed by atoms with Gasteiger partial charge >= 0.3 is 6.18 Å². The summed E-state index contributed by atoms with van der Waals surface area (Å²) in [6.07, 6.45) is 6.27. The van der Waals surface area contributed by atoms with Gasteiger partial charge in [0, 0.05) is 56.1 Å². The molecule has 228 valence electrons. The van der Waals surface area contributed by atoms with Gasteiger partial charge in [0.15, 0.2) is 0 Å². The van der Waals surface area contributed by atoms with E-state index in [1.807, 2.05) is 18.3 Å². The maximum atomic E-state index is 13.4. The van der Waals surface area contributed by atoms with Crippen LogP contribution in [0.3, 0.4) is 0 Å². The van der Waals surface area contributed by atoms with Gasteiger partial charge in [0.2, 0.25) is 0 Å². The van der Waals surface area contributed by atoms with Crippen LogP contribution in [-0.2, 0) is 23.2 Å². The zero-order valence-electron chi connectivity index (χ0n) is 24.9. The number of pyridine rings is 1. The van der Waals surface area contributed by atoms with Gasteiger partial charge in [-0.1, -0.05) is 67.4 Å². The molecule has 7 heteroatoms. The number of nitrogens with zero attached hydrogens (tertiary/aromatic N) is 3. The highest BCUT2D eigenvalue weighted by atomic mass is 19.4. The lowest BCUT2D eigenvalue weighted by Crippen LogP contribution is -2.48. The Labute approximate surface area is 253 Å². The Bertz CT molecular complexity index is 1390. The van der Waals surface area contributed by atoms with Crippen molar-refractivity contribution in [2.45, 2.75) is 93.6 Å². The molecule has 4 aliphatic rings. The lowest BCUT2D eigenvalue weighted by Gasteiger charge is -2.47. The first-order valence-corrected chi connectivity index (χ1v) is 16.1. The Hall–Kier alpha value is -2.74. The van der Waals surface area contributed by atoms with Gasteiger partial charge in [0.25, 0.3) is 0 Å². The standard InChI is InChI=1S/C36H42F3N3O/c37-36(38,39)26-41-23-28-11-8-12-30-31(21-29(24-41)33(28)30)42(22-27-9-2-1-3-10-27)19-16-34(32-13-4-7-18-40-32)17-20-43-35(25-34)14-5-6-15-35/h1-4,7-13,18,29,31H,5-6,14-17,19-26H2/t29?,31?,34-/m1/s1. The van der Waals surface area contributed by atoms with Gasteiger partial charge in [-0.2, -0.15) is 13.2 Å². The number of ether oxygens (including phenoxy) is 1. The van der Waals surface area contributed by atoms with Crippen LogP contribution in [0.1, 0.15) is 91.3 Å². The van der Waals surface area contributed by atoms with E-state index in [1.54, 1.807) is 4.90 Å². The Morgan fingerprint density at radius 2 is 1.77 bits per heavy atom. The van der Waals surface area contributed by atoms with Crippen LogP contribution in [0.5, 0.6) is 0 Å². The van der Waals surface area contributed by atoms with E-state index in [2.05, 4.69) is 59.5 Å². The first-order chi connectivity index (χ1) is 20.8. The second kappa shape index (κ2) is 11.6. The van der Waals surface area contributed by atoms with Crippen LogP contribution in [0.2, 0.25) is 0 Å². The van der Waals surface area contributed by atoms with Crippen molar-refractivity contribution in [3.63, 3.8) is 0 Å². The molecule has 1 saturated carbocycles. The summed E-state index contributed by atoms with van der Waals surface area (Å²) < 4.78 is 46.7. The molecule has 2 aliphatic heterocycles. The topological polar surface area (TPSA) is 28.6 Å². The minimum absolute atomic E-state index is 0.0410. The number of rotatable bonds is 8. The average molecular weight is 590 g/mol. The van der Waals surface area contributed by atoms with E-state index in [0.29, 0.717) is 13.1 Å². The molecule has 43 heavy (non-hydrogen) atoms. The third-order valence-corrected chi connectivity index (χ3v) is 10.7. The highest BCUT2D eigenvalue weighted by molar-refractivity contribution is 5.46. The SMILES string of the molecule is FC(F)(F)CN1Cc2cccc3c2C(CC3N(CC[C@@]2(c3ccccn3)CCOC3(CCCC3)C2)Cc2ccccc2)C1. The quantitative estimate of drug-likeness (QED) is 0.267. The molecule has 7 rings (SSSR count). The number of halogens is 3. The number of hydrogen-bond acceptors (Lipinski definition) is 4. The zero-order valence-corrected chi connectivity index (χ0v) is 24.9. The largest absolute Gasteiger partial charge is 0.401 e. The van der Waals surface area contributed by atoms with Gasteiger partial charge < -0.3 is 4.74 Å². The van der Waals surface area contributed by atoms with Crippen LogP contribution >= 0.6 is 0 Å². The molecular formula is C36H42F3N3O. The molecule has 2 aliphatic carbocycles. The van der Waals surface area contributed by atoms with Crippen LogP contribution in [-0.4, -0.2) is 52.8 Å². The first kappa shape index (κ1) is 29.0. The van der Waals surface area contributed by atoms with Crippen molar-refractivity contribution >= 4 is 0 Å². The summed E-state index contributed by atoms with van der Waals surface area (Å²) in [6.45, 7) is 2.47. The Kier molecular flexibility index (Phi) is 7.85. The number of hydrogen-bond donors (Lipinski definition) is 0. The summed E-state index contributed by atoms with van der Waals surface area (Å²) in [5, 5.41) is 0. The van der Waals surface area contributed by atoms with E-state index >= 15 is 0 Å². The number of alkyl halides is 3. The van der Waals surface area contributed by atoms with E-state index < -0.39 is 12.7 Å². The number of aromatic nitrogens is 1. The molecular weight excluding hydrogens is 547 g/mol. The van der Waals surface area contributed by atoms with Crippen molar-refractivity contribution in [2.24, 2.45) is 0 Å². The van der Waals surface area contributed by atoms with Crippen LogP contribution in [0, 0.1) is 0 Å². The molecule has 1 aromatic heterocycles. The molecule has 2 fully saturated rings. The molecule has 0 N–H and O–H groups in total. The van der Waals surface area contributed by atoms with Crippen molar-refractivity contribution < 1.29 is 17.9 Å². The molecule has 3 heterocycles. The molecule has 3 atom stereocenters. The fraction of sp³-hybridized carbons (Fsp3) is 0.528. The first-order valence-electron chi connectivity index (χ1n) is 16.1. The van der Waals surface area contributed by atoms with Gasteiger partial charge in [-0.05, 0) is 78.8 Å². The molecule has 2 aromatic carbocycles. The Morgan fingerprint density at radius 3 is 2.53 bits per heavy atom. The van der Waals surface area contributed by atoms with Crippen molar-refractivity contribution in [2.75, 3.05) is 26.2 Å². The smallest absolute Gasteiger partial charge is 0.375 e. The van der Waals surface area contributed by atoms with Gasteiger partial charge in [-0.25, -0.2) is 0 Å². The van der Waals surface area contributed by atoms with Crippen LogP contribution in [0.4, 0.5) is 13.2 Å². The highest BCUT2D eigenvalue weighted by Gasteiger charge is 2.49. The lowest BCUT2D eigenvalue weighted by molar-refractivity contribution is -0.148. The monoisotopic (exact) mass is 589 g/mol. The second-order valence-electron chi connectivity index (χ2n) is 13.5. The number of benzene rings is 2. The van der Waals surface area contributed by atoms with E-state index in [9.17, 15) is 13.2 Å². The van der Waals surface area contributed by atoms with Gasteiger partial charge in [0.1, 0.15) is 0 Å². The average Bonchev–Trinajstić information content (AvgIpc) is 3.60. The molecule has 2 unspecified atom stereocenters. The summed E-state index contributed by atoms with van der Waals surface area (Å²) in [4.78, 5) is 9.16. The lowest BCUT2D eigenvalue weighted by atomic mass is 9.67. The van der Waals surface area contributed by atoms with E-state index in [-0.39, 0.29) is 23.0 Å². The zero-order chi connectivity index (χ0) is 29.5. The maximum Gasteiger partial charge on any atom is 0.401 e. The predicted molar refractivity (Wildman–Crippen MR) is 162 cm³/mol. The third-order valence-electron chi connectivity index (χ3n) is 10.7. The van der Waals surface area contributed by atoms with Crippen molar-refractivity contribution in [1.29, 1.82) is 0 Å². The van der Waals surface area contributed by atoms with Crippen LogP contribution < -0.4 is 0 Å². The fourth-order valence-electron chi connectivity index (χ4n) is 8.89. The Morgan fingerprint density at radius 1 is 0.953 bits per heavy atom. The van der Waals surface area contributed by atoms with Crippen molar-refractivity contribution in [1.82, 2.24) is 14.8 Å². The summed E-state index contributed by atoms with van der Waals surface area (Å²) >= 11 is 0. The van der Waals surface area contributed by atoms with Crippen LogP contribution in [0.25, 0.3) is 0 Å². The molecule has 1 spiro atoms. The molecule has 3 aromatic rings. The molecule has 0 bridgehead atoms. The van der Waals surface area contributed by atoms with Gasteiger partial charge in [-0.15, -0.1) is 0 Å². The predicted octanol–water partition coefficient (Wildman–Crippen LogP) is 7.94. The highest BCUT2D eigenvalue weighted by Crippen LogP contribution is 2.52. The van der Waals surface area contributed by atoms with Gasteiger partial charge in [0.05, 0.1) is 12.1 Å². The van der Waals surface area contributed by atoms with Gasteiger partial charge in [-0.3, -0.25) is 14.8 Å². The minimum atomic E-state index is -4.19. The molecule has 4 nitrogen and oxygen atoms in total. The van der Waals surface area contributed by atoms with E-state index in [1.165, 1.54) is 35.2 Å². The summed E-state index contributed by atoms with van der Waals surface area (Å²) in [5.41, 5.74) is 6.04. The molecule has 0 amide bonds. The van der Waals surface area contributed by atoms with E-state index in [0.717, 1.165) is 63.8 Å². The maximum absolute atomic E-state index is 13.4. The fourth-order valence-corrected chi connectivity index (χ4v) is 8.89. The molecule has 0 radical (unpaired) electrons.